The summed E-state index contributed by atoms with van der Waals surface area (Å²) in [4.78, 5) is 18.7. The number of halogens is 1. The topological polar surface area (TPSA) is 87.1 Å². The number of hydrogen-bond acceptors (Lipinski definition) is 5. The average molecular weight is 323 g/mol. The van der Waals surface area contributed by atoms with Crippen LogP contribution in [0.5, 0.6) is 0 Å². The molecule has 2 aromatic rings. The van der Waals surface area contributed by atoms with Gasteiger partial charge in [-0.05, 0) is 18.2 Å². The lowest BCUT2D eigenvalue weighted by atomic mass is 10.3. The van der Waals surface area contributed by atoms with Crippen molar-refractivity contribution in [3.8, 4) is 0 Å². The highest BCUT2D eigenvalue weighted by molar-refractivity contribution is 9.10. The van der Waals surface area contributed by atoms with Gasteiger partial charge in [0.15, 0.2) is 11.6 Å². The van der Waals surface area contributed by atoms with Gasteiger partial charge in [-0.25, -0.2) is 9.97 Å². The maximum absolute atomic E-state index is 10.5. The Morgan fingerprint density at radius 1 is 1.26 bits per heavy atom. The van der Waals surface area contributed by atoms with E-state index in [0.717, 1.165) is 10.2 Å². The highest BCUT2D eigenvalue weighted by Crippen LogP contribution is 2.22. The van der Waals surface area contributed by atoms with Crippen LogP contribution < -0.4 is 10.6 Å². The zero-order chi connectivity index (χ0) is 13.7. The lowest BCUT2D eigenvalue weighted by molar-refractivity contribution is -0.134. The van der Waals surface area contributed by atoms with Gasteiger partial charge in [0.1, 0.15) is 6.54 Å². The van der Waals surface area contributed by atoms with Crippen LogP contribution in [0.1, 0.15) is 0 Å². The standard InChI is InChI=1S/C12H11BrN4O2/c13-8-2-1-3-9(6-8)17-12-11(14-4-5-15-12)16-7-10(18)19/h1-6H,7H2,(H,14,16)(H,15,17)(H,18,19). The molecule has 0 amide bonds. The van der Waals surface area contributed by atoms with Gasteiger partial charge in [0.2, 0.25) is 0 Å². The molecule has 0 aliphatic heterocycles. The number of carboxylic acids is 1. The Bertz CT molecular complexity index is 591. The molecule has 0 saturated carbocycles. The molecule has 0 unspecified atom stereocenters. The van der Waals surface area contributed by atoms with E-state index in [-0.39, 0.29) is 6.54 Å². The predicted octanol–water partition coefficient (Wildman–Crippen LogP) is 2.48. The van der Waals surface area contributed by atoms with E-state index in [9.17, 15) is 4.79 Å². The van der Waals surface area contributed by atoms with E-state index < -0.39 is 5.97 Å². The van der Waals surface area contributed by atoms with E-state index in [1.165, 1.54) is 12.4 Å². The zero-order valence-corrected chi connectivity index (χ0v) is 11.4. The maximum Gasteiger partial charge on any atom is 0.322 e. The van der Waals surface area contributed by atoms with Crippen LogP contribution in [0.2, 0.25) is 0 Å². The van der Waals surface area contributed by atoms with E-state index in [2.05, 4.69) is 36.5 Å². The Balaban J connectivity index is 2.17. The number of anilines is 3. The molecule has 0 saturated heterocycles. The number of hydrogen-bond donors (Lipinski definition) is 3. The lowest BCUT2D eigenvalue weighted by Crippen LogP contribution is -2.14. The van der Waals surface area contributed by atoms with E-state index in [1.807, 2.05) is 24.3 Å². The Morgan fingerprint density at radius 3 is 2.68 bits per heavy atom. The molecule has 0 aliphatic carbocycles. The summed E-state index contributed by atoms with van der Waals surface area (Å²) in [6.45, 7) is -0.216. The van der Waals surface area contributed by atoms with Gasteiger partial charge in [0.25, 0.3) is 0 Å². The molecule has 19 heavy (non-hydrogen) atoms. The summed E-state index contributed by atoms with van der Waals surface area (Å²) in [6, 6.07) is 7.55. The molecule has 3 N–H and O–H groups in total. The second-order valence-electron chi connectivity index (χ2n) is 3.64. The van der Waals surface area contributed by atoms with Crippen LogP contribution in [-0.4, -0.2) is 27.6 Å². The van der Waals surface area contributed by atoms with Crippen molar-refractivity contribution < 1.29 is 9.90 Å². The van der Waals surface area contributed by atoms with Gasteiger partial charge in [-0.15, -0.1) is 0 Å². The molecule has 7 heteroatoms. The van der Waals surface area contributed by atoms with Crippen molar-refractivity contribution in [1.29, 1.82) is 0 Å². The summed E-state index contributed by atoms with van der Waals surface area (Å²) in [6.07, 6.45) is 3.03. The summed E-state index contributed by atoms with van der Waals surface area (Å²) in [7, 11) is 0. The molecule has 1 aromatic heterocycles. The minimum absolute atomic E-state index is 0.216. The molecule has 1 aromatic carbocycles. The summed E-state index contributed by atoms with van der Waals surface area (Å²) in [5.74, 6) is -0.0919. The average Bonchev–Trinajstić information content (AvgIpc) is 2.38. The normalized spacial score (nSPS) is 9.95. The van der Waals surface area contributed by atoms with Crippen molar-refractivity contribution in [3.63, 3.8) is 0 Å². The lowest BCUT2D eigenvalue weighted by Gasteiger charge is -2.10. The van der Waals surface area contributed by atoms with Crippen molar-refractivity contribution >= 4 is 39.2 Å². The first-order valence-corrected chi connectivity index (χ1v) is 6.24. The number of carboxylic acid groups (broad SMARTS) is 1. The third-order valence-electron chi connectivity index (χ3n) is 2.19. The number of benzene rings is 1. The summed E-state index contributed by atoms with van der Waals surface area (Å²) in [5.41, 5.74) is 0.827. The van der Waals surface area contributed by atoms with Crippen LogP contribution in [0.4, 0.5) is 17.3 Å². The molecule has 0 bridgehead atoms. The fourth-order valence-corrected chi connectivity index (χ4v) is 1.82. The quantitative estimate of drug-likeness (QED) is 0.784. The molecule has 6 nitrogen and oxygen atoms in total. The fraction of sp³-hybridized carbons (Fsp3) is 0.0833. The van der Waals surface area contributed by atoms with Gasteiger partial charge in [0.05, 0.1) is 0 Å². The summed E-state index contributed by atoms with van der Waals surface area (Å²) < 4.78 is 0.932. The molecule has 0 atom stereocenters. The molecule has 0 fully saturated rings. The van der Waals surface area contributed by atoms with Crippen LogP contribution in [-0.2, 0) is 4.79 Å². The van der Waals surface area contributed by atoms with Gasteiger partial charge in [0, 0.05) is 22.6 Å². The van der Waals surface area contributed by atoms with Crippen molar-refractivity contribution in [2.45, 2.75) is 0 Å². The Hall–Kier alpha value is -2.15. The number of nitrogens with zero attached hydrogens (tertiary/aromatic N) is 2. The highest BCUT2D eigenvalue weighted by atomic mass is 79.9. The first-order valence-electron chi connectivity index (χ1n) is 5.44. The van der Waals surface area contributed by atoms with Crippen LogP contribution in [0, 0.1) is 0 Å². The first-order chi connectivity index (χ1) is 9.15. The summed E-state index contributed by atoms with van der Waals surface area (Å²) >= 11 is 3.37. The van der Waals surface area contributed by atoms with Gasteiger partial charge in [-0.3, -0.25) is 4.79 Å². The molecule has 98 valence electrons. The van der Waals surface area contributed by atoms with Gasteiger partial charge < -0.3 is 15.7 Å². The van der Waals surface area contributed by atoms with Crippen LogP contribution in [0.3, 0.4) is 0 Å². The van der Waals surface area contributed by atoms with E-state index in [1.54, 1.807) is 0 Å². The monoisotopic (exact) mass is 322 g/mol. The van der Waals surface area contributed by atoms with Crippen molar-refractivity contribution in [2.75, 3.05) is 17.2 Å². The fourth-order valence-electron chi connectivity index (χ4n) is 1.42. The number of nitrogens with one attached hydrogen (secondary N) is 2. The maximum atomic E-state index is 10.5. The van der Waals surface area contributed by atoms with Gasteiger partial charge >= 0.3 is 5.97 Å². The van der Waals surface area contributed by atoms with E-state index in [4.69, 9.17) is 5.11 Å². The Labute approximate surface area is 118 Å². The molecule has 0 aliphatic rings. The highest BCUT2D eigenvalue weighted by Gasteiger charge is 2.06. The van der Waals surface area contributed by atoms with E-state index in [0.29, 0.717) is 11.6 Å². The Kier molecular flexibility index (Phi) is 4.30. The van der Waals surface area contributed by atoms with Crippen LogP contribution >= 0.6 is 15.9 Å². The second kappa shape index (κ2) is 6.14. The molecule has 0 spiro atoms. The first kappa shape index (κ1) is 13.3. The second-order valence-corrected chi connectivity index (χ2v) is 4.55. The van der Waals surface area contributed by atoms with Crippen LogP contribution in [0.25, 0.3) is 0 Å². The van der Waals surface area contributed by atoms with Crippen molar-refractivity contribution in [3.05, 3.63) is 41.1 Å². The van der Waals surface area contributed by atoms with E-state index >= 15 is 0 Å². The largest absolute Gasteiger partial charge is 0.480 e. The smallest absolute Gasteiger partial charge is 0.322 e. The number of carbonyl (C=O) groups is 1. The number of rotatable bonds is 5. The predicted molar refractivity (Wildman–Crippen MR) is 75.6 cm³/mol. The molecule has 2 rings (SSSR count). The molecular weight excluding hydrogens is 312 g/mol. The van der Waals surface area contributed by atoms with Gasteiger partial charge in [-0.2, -0.15) is 0 Å². The number of aromatic nitrogens is 2. The minimum Gasteiger partial charge on any atom is -0.480 e. The SMILES string of the molecule is O=C(O)CNc1nccnc1Nc1cccc(Br)c1. The number of aliphatic carboxylic acids is 1. The van der Waals surface area contributed by atoms with Crippen molar-refractivity contribution in [1.82, 2.24) is 9.97 Å². The Morgan fingerprint density at radius 2 is 2.00 bits per heavy atom. The molecular formula is C12H11BrN4O2. The third-order valence-corrected chi connectivity index (χ3v) is 2.69. The molecule has 1 heterocycles. The zero-order valence-electron chi connectivity index (χ0n) is 9.80. The molecule has 0 radical (unpaired) electrons. The third kappa shape index (κ3) is 3.92. The summed E-state index contributed by atoms with van der Waals surface area (Å²) in [5, 5.41) is 14.4. The minimum atomic E-state index is -0.959. The van der Waals surface area contributed by atoms with Crippen LogP contribution in [0.15, 0.2) is 41.1 Å². The van der Waals surface area contributed by atoms with Crippen molar-refractivity contribution in [2.24, 2.45) is 0 Å². The van der Waals surface area contributed by atoms with Gasteiger partial charge in [-0.1, -0.05) is 22.0 Å².